The summed E-state index contributed by atoms with van der Waals surface area (Å²) < 4.78 is 0.833. The van der Waals surface area contributed by atoms with Gasteiger partial charge >= 0.3 is 0 Å². The summed E-state index contributed by atoms with van der Waals surface area (Å²) in [6.45, 7) is 0. The molecule has 0 aliphatic rings. The molecule has 1 rings (SSSR count). The van der Waals surface area contributed by atoms with E-state index in [-0.39, 0.29) is 32.7 Å². The van der Waals surface area contributed by atoms with E-state index in [4.69, 9.17) is 11.6 Å². The Bertz CT molecular complexity index is 264. The van der Waals surface area contributed by atoms with Crippen LogP contribution in [0, 0.1) is 9.64 Å². The van der Waals surface area contributed by atoms with Crippen molar-refractivity contribution < 1.29 is 37.5 Å². The molecule has 0 heterocycles. The Morgan fingerprint density at radius 2 is 2.27 bits per heavy atom. The third kappa shape index (κ3) is 3.49. The van der Waals surface area contributed by atoms with Gasteiger partial charge in [0.15, 0.2) is 5.24 Å². The van der Waals surface area contributed by atoms with Crippen molar-refractivity contribution >= 4 is 39.4 Å². The molecule has 4 heteroatoms. The SMILES string of the molecule is O=C(Cl)c1[c-]cccc1I.[Y]. The summed E-state index contributed by atoms with van der Waals surface area (Å²) in [4.78, 5) is 10.6. The fourth-order valence-corrected chi connectivity index (χ4v) is 1.49. The number of carbonyl (C=O) groups is 1. The number of carbonyl (C=O) groups excluding carboxylic acids is 1. The summed E-state index contributed by atoms with van der Waals surface area (Å²) in [5.74, 6) is 0. The number of rotatable bonds is 1. The van der Waals surface area contributed by atoms with Crippen molar-refractivity contribution in [1.29, 1.82) is 0 Å². The minimum atomic E-state index is -0.454. The molecule has 1 aromatic rings. The normalized spacial score (nSPS) is 8.55. The van der Waals surface area contributed by atoms with Crippen molar-refractivity contribution in [2.24, 2.45) is 0 Å². The largest absolute Gasteiger partial charge is 0.334 e. The van der Waals surface area contributed by atoms with Crippen molar-refractivity contribution in [2.45, 2.75) is 0 Å². The van der Waals surface area contributed by atoms with Crippen molar-refractivity contribution in [3.63, 3.8) is 0 Å². The molecule has 0 N–H and O–H groups in total. The second-order valence-corrected chi connectivity index (χ2v) is 3.17. The van der Waals surface area contributed by atoms with E-state index in [1.807, 2.05) is 34.7 Å². The molecule has 0 spiro atoms. The van der Waals surface area contributed by atoms with Crippen LogP contribution in [0.3, 0.4) is 0 Å². The molecule has 0 bridgehead atoms. The predicted molar refractivity (Wildman–Crippen MR) is 48.2 cm³/mol. The van der Waals surface area contributed by atoms with Gasteiger partial charge in [-0.1, -0.05) is 9.13 Å². The molecule has 0 atom stereocenters. The zero-order chi connectivity index (χ0) is 7.56. The van der Waals surface area contributed by atoms with Crippen molar-refractivity contribution in [1.82, 2.24) is 0 Å². The van der Waals surface area contributed by atoms with Crippen molar-refractivity contribution in [3.8, 4) is 0 Å². The van der Waals surface area contributed by atoms with Crippen LogP contribution in [0.25, 0.3) is 0 Å². The Morgan fingerprint density at radius 1 is 1.64 bits per heavy atom. The summed E-state index contributed by atoms with van der Waals surface area (Å²) in [7, 11) is 0. The molecule has 0 amide bonds. The van der Waals surface area contributed by atoms with E-state index >= 15 is 0 Å². The molecule has 1 aromatic carbocycles. The molecule has 1 nitrogen and oxygen atoms in total. The Balaban J connectivity index is 0.000001000. The third-order valence-electron chi connectivity index (χ3n) is 1.00. The summed E-state index contributed by atoms with van der Waals surface area (Å²) in [6, 6.07) is 8.03. The second kappa shape index (κ2) is 5.62. The third-order valence-corrected chi connectivity index (χ3v) is 2.09. The van der Waals surface area contributed by atoms with Gasteiger partial charge in [-0.15, -0.1) is 58.5 Å². The van der Waals surface area contributed by atoms with Crippen LogP contribution < -0.4 is 0 Å². The van der Waals surface area contributed by atoms with Crippen LogP contribution in [-0.2, 0) is 32.7 Å². The van der Waals surface area contributed by atoms with Crippen LogP contribution in [0.4, 0.5) is 0 Å². The summed E-state index contributed by atoms with van der Waals surface area (Å²) in [6.07, 6.45) is 0. The topological polar surface area (TPSA) is 17.1 Å². The van der Waals surface area contributed by atoms with Gasteiger partial charge < -0.3 is 4.79 Å². The molecule has 0 saturated heterocycles. The predicted octanol–water partition coefficient (Wildman–Crippen LogP) is 2.47. The monoisotopic (exact) mass is 354 g/mol. The number of halogens is 2. The summed E-state index contributed by atoms with van der Waals surface area (Å²) >= 11 is 7.27. The van der Waals surface area contributed by atoms with Crippen LogP contribution >= 0.6 is 34.2 Å². The molecule has 0 aromatic heterocycles. The average molecular weight is 354 g/mol. The average Bonchev–Trinajstić information content (AvgIpc) is 1.88. The number of hydrogen-bond donors (Lipinski definition) is 0. The minimum absolute atomic E-state index is 0. The maximum atomic E-state index is 10.6. The molecule has 55 valence electrons. The molecular formula is C7H3ClIOY-. The molecular weight excluding hydrogens is 351 g/mol. The van der Waals surface area contributed by atoms with E-state index in [9.17, 15) is 4.79 Å². The van der Waals surface area contributed by atoms with Gasteiger partial charge in [-0.25, -0.2) is 0 Å². The van der Waals surface area contributed by atoms with Gasteiger partial charge in [0.1, 0.15) is 0 Å². The zero-order valence-electron chi connectivity index (χ0n) is 5.47. The van der Waals surface area contributed by atoms with E-state index in [2.05, 4.69) is 6.07 Å². The molecule has 1 radical (unpaired) electrons. The first-order valence-corrected chi connectivity index (χ1v) is 4.03. The molecule has 0 saturated carbocycles. The fourth-order valence-electron chi connectivity index (χ4n) is 0.567. The van der Waals surface area contributed by atoms with Crippen LogP contribution in [0.15, 0.2) is 18.2 Å². The van der Waals surface area contributed by atoms with Crippen LogP contribution in [0.1, 0.15) is 10.4 Å². The van der Waals surface area contributed by atoms with Crippen molar-refractivity contribution in [3.05, 3.63) is 33.4 Å². The Labute approximate surface area is 109 Å². The maximum absolute atomic E-state index is 10.6. The standard InChI is InChI=1S/C7H3ClIO.Y/c8-7(10)5-3-1-2-4-6(5)9;/h1-2,4H;/q-1;. The molecule has 0 aliphatic carbocycles. The molecule has 0 aliphatic heterocycles. The smallest absolute Gasteiger partial charge is 0.166 e. The molecule has 11 heavy (non-hydrogen) atoms. The first kappa shape index (κ1) is 12.0. The fraction of sp³-hybridized carbons (Fsp3) is 0. The van der Waals surface area contributed by atoms with Gasteiger partial charge in [0, 0.05) is 32.7 Å². The number of benzene rings is 1. The molecule has 0 unspecified atom stereocenters. The van der Waals surface area contributed by atoms with Gasteiger partial charge in [0.05, 0.1) is 0 Å². The summed E-state index contributed by atoms with van der Waals surface area (Å²) in [5.41, 5.74) is 0.449. The van der Waals surface area contributed by atoms with Gasteiger partial charge in [0.25, 0.3) is 0 Å². The Hall–Kier alpha value is 1.01. The van der Waals surface area contributed by atoms with E-state index in [1.165, 1.54) is 0 Å². The first-order valence-electron chi connectivity index (χ1n) is 2.58. The van der Waals surface area contributed by atoms with E-state index in [0.29, 0.717) is 5.56 Å². The van der Waals surface area contributed by atoms with Gasteiger partial charge in [-0.05, 0) is 0 Å². The van der Waals surface area contributed by atoms with Crippen LogP contribution in [0.2, 0.25) is 0 Å². The summed E-state index contributed by atoms with van der Waals surface area (Å²) in [5, 5.41) is -0.454. The second-order valence-electron chi connectivity index (χ2n) is 1.67. The van der Waals surface area contributed by atoms with E-state index < -0.39 is 5.24 Å². The maximum Gasteiger partial charge on any atom is 0.166 e. The first-order chi connectivity index (χ1) is 4.72. The van der Waals surface area contributed by atoms with Gasteiger partial charge in [-0.3, -0.25) is 0 Å². The van der Waals surface area contributed by atoms with Gasteiger partial charge in [0.2, 0.25) is 0 Å². The van der Waals surface area contributed by atoms with Crippen LogP contribution in [-0.4, -0.2) is 5.24 Å². The van der Waals surface area contributed by atoms with E-state index in [0.717, 1.165) is 3.57 Å². The van der Waals surface area contributed by atoms with Crippen molar-refractivity contribution in [2.75, 3.05) is 0 Å². The van der Waals surface area contributed by atoms with E-state index in [1.54, 1.807) is 6.07 Å². The minimum Gasteiger partial charge on any atom is -0.334 e. The van der Waals surface area contributed by atoms with Gasteiger partial charge in [-0.2, -0.15) is 0 Å². The molecule has 0 fully saturated rings. The quantitative estimate of drug-likeness (QED) is 0.430. The number of hydrogen-bond acceptors (Lipinski definition) is 1. The Morgan fingerprint density at radius 3 is 2.64 bits per heavy atom. The Kier molecular flexibility index (Phi) is 6.14. The zero-order valence-corrected chi connectivity index (χ0v) is 11.2. The van der Waals surface area contributed by atoms with Crippen LogP contribution in [0.5, 0.6) is 0 Å².